The lowest BCUT2D eigenvalue weighted by molar-refractivity contribution is 0.242. The van der Waals surface area contributed by atoms with Gasteiger partial charge in [-0.3, -0.25) is 4.90 Å². The lowest BCUT2D eigenvalue weighted by atomic mass is 10.1. The summed E-state index contributed by atoms with van der Waals surface area (Å²) in [6, 6.07) is 8.88. The van der Waals surface area contributed by atoms with Crippen LogP contribution in [0.25, 0.3) is 0 Å². The van der Waals surface area contributed by atoms with Gasteiger partial charge in [-0.15, -0.1) is 0 Å². The van der Waals surface area contributed by atoms with Gasteiger partial charge in [0.05, 0.1) is 0 Å². The predicted molar refractivity (Wildman–Crippen MR) is 74.9 cm³/mol. The summed E-state index contributed by atoms with van der Waals surface area (Å²) in [4.78, 5) is 2.57. The van der Waals surface area contributed by atoms with E-state index in [1.54, 1.807) is 12.1 Å². The summed E-state index contributed by atoms with van der Waals surface area (Å²) in [5.74, 6) is 0.350. The van der Waals surface area contributed by atoms with Crippen molar-refractivity contribution in [3.05, 3.63) is 29.8 Å². The minimum Gasteiger partial charge on any atom is -0.508 e. The highest BCUT2D eigenvalue weighted by Crippen LogP contribution is 2.17. The van der Waals surface area contributed by atoms with Gasteiger partial charge in [-0.05, 0) is 50.9 Å². The maximum absolute atomic E-state index is 9.25. The minimum atomic E-state index is 0.350. The van der Waals surface area contributed by atoms with Crippen molar-refractivity contribution < 1.29 is 5.11 Å². The SMILES string of the molecule is CNC1CCN(C(C)CCc2ccc(O)cc2)C1. The lowest BCUT2D eigenvalue weighted by Gasteiger charge is -2.24. The molecule has 0 bridgehead atoms. The molecule has 1 aromatic rings. The van der Waals surface area contributed by atoms with Crippen molar-refractivity contribution in [2.75, 3.05) is 20.1 Å². The molecule has 3 heteroatoms. The van der Waals surface area contributed by atoms with E-state index in [4.69, 9.17) is 0 Å². The van der Waals surface area contributed by atoms with Crippen LogP contribution in [0, 0.1) is 0 Å². The van der Waals surface area contributed by atoms with Crippen molar-refractivity contribution in [3.8, 4) is 5.75 Å². The fourth-order valence-corrected chi connectivity index (χ4v) is 2.64. The molecule has 0 spiro atoms. The second kappa shape index (κ2) is 6.21. The van der Waals surface area contributed by atoms with E-state index in [2.05, 4.69) is 24.2 Å². The number of phenols is 1. The molecule has 0 aliphatic carbocycles. The van der Waals surface area contributed by atoms with Gasteiger partial charge in [0.1, 0.15) is 5.75 Å². The number of nitrogens with one attached hydrogen (secondary N) is 1. The summed E-state index contributed by atoms with van der Waals surface area (Å²) in [6.45, 7) is 4.70. The number of likely N-dealkylation sites (tertiary alicyclic amines) is 1. The van der Waals surface area contributed by atoms with Crippen LogP contribution in [-0.2, 0) is 6.42 Å². The van der Waals surface area contributed by atoms with Crippen LogP contribution in [0.1, 0.15) is 25.3 Å². The van der Waals surface area contributed by atoms with E-state index >= 15 is 0 Å². The molecule has 0 radical (unpaired) electrons. The number of phenolic OH excluding ortho intramolecular Hbond substituents is 1. The smallest absolute Gasteiger partial charge is 0.115 e. The van der Waals surface area contributed by atoms with Gasteiger partial charge in [-0.25, -0.2) is 0 Å². The first-order valence-electron chi connectivity index (χ1n) is 6.88. The molecule has 100 valence electrons. The van der Waals surface area contributed by atoms with Gasteiger partial charge in [-0.2, -0.15) is 0 Å². The van der Waals surface area contributed by atoms with Crippen molar-refractivity contribution in [2.45, 2.75) is 38.3 Å². The fourth-order valence-electron chi connectivity index (χ4n) is 2.64. The molecule has 0 amide bonds. The van der Waals surface area contributed by atoms with Gasteiger partial charge in [0.15, 0.2) is 0 Å². The molecule has 1 aromatic carbocycles. The number of rotatable bonds is 5. The Morgan fingerprint density at radius 1 is 1.39 bits per heavy atom. The van der Waals surface area contributed by atoms with Crippen molar-refractivity contribution in [1.82, 2.24) is 10.2 Å². The number of hydrogen-bond donors (Lipinski definition) is 2. The Kier molecular flexibility index (Phi) is 4.61. The van der Waals surface area contributed by atoms with Crippen molar-refractivity contribution in [3.63, 3.8) is 0 Å². The first kappa shape index (κ1) is 13.4. The molecule has 2 N–H and O–H groups in total. The van der Waals surface area contributed by atoms with Crippen LogP contribution in [0.15, 0.2) is 24.3 Å². The first-order valence-corrected chi connectivity index (χ1v) is 6.88. The minimum absolute atomic E-state index is 0.350. The van der Waals surface area contributed by atoms with E-state index in [0.29, 0.717) is 17.8 Å². The van der Waals surface area contributed by atoms with Crippen LogP contribution >= 0.6 is 0 Å². The molecule has 1 aliphatic rings. The summed E-state index contributed by atoms with van der Waals surface area (Å²) in [5, 5.41) is 12.6. The van der Waals surface area contributed by atoms with Crippen LogP contribution in [0.5, 0.6) is 5.75 Å². The average molecular weight is 248 g/mol. The Labute approximate surface area is 110 Å². The summed E-state index contributed by atoms with van der Waals surface area (Å²) in [6.07, 6.45) is 3.53. The van der Waals surface area contributed by atoms with Gasteiger partial charge in [0.25, 0.3) is 0 Å². The Balaban J connectivity index is 1.78. The second-order valence-electron chi connectivity index (χ2n) is 5.32. The van der Waals surface area contributed by atoms with Gasteiger partial charge in [-0.1, -0.05) is 12.1 Å². The van der Waals surface area contributed by atoms with Gasteiger partial charge in [0.2, 0.25) is 0 Å². The molecular formula is C15H24N2O. The molecule has 1 saturated heterocycles. The average Bonchev–Trinajstić information content (AvgIpc) is 2.86. The number of aryl methyl sites for hydroxylation is 1. The molecule has 0 saturated carbocycles. The maximum atomic E-state index is 9.25. The third-order valence-electron chi connectivity index (χ3n) is 4.04. The molecule has 0 aromatic heterocycles. The number of hydrogen-bond acceptors (Lipinski definition) is 3. The van der Waals surface area contributed by atoms with E-state index in [0.717, 1.165) is 6.42 Å². The molecule has 1 heterocycles. The van der Waals surface area contributed by atoms with Crippen molar-refractivity contribution in [2.24, 2.45) is 0 Å². The van der Waals surface area contributed by atoms with Gasteiger partial charge < -0.3 is 10.4 Å². The quantitative estimate of drug-likeness (QED) is 0.836. The van der Waals surface area contributed by atoms with Crippen LogP contribution < -0.4 is 5.32 Å². The molecule has 3 nitrogen and oxygen atoms in total. The lowest BCUT2D eigenvalue weighted by Crippen LogP contribution is -2.35. The Hall–Kier alpha value is -1.06. The largest absolute Gasteiger partial charge is 0.508 e. The highest BCUT2D eigenvalue weighted by molar-refractivity contribution is 5.25. The summed E-state index contributed by atoms with van der Waals surface area (Å²) in [7, 11) is 2.05. The zero-order valence-electron chi connectivity index (χ0n) is 11.4. The third-order valence-corrected chi connectivity index (χ3v) is 4.04. The Bertz CT molecular complexity index is 363. The van der Waals surface area contributed by atoms with E-state index < -0.39 is 0 Å². The molecular weight excluding hydrogens is 224 g/mol. The molecule has 2 unspecified atom stereocenters. The van der Waals surface area contributed by atoms with Crippen LogP contribution in [0.3, 0.4) is 0 Å². The maximum Gasteiger partial charge on any atom is 0.115 e. The summed E-state index contributed by atoms with van der Waals surface area (Å²) in [5.41, 5.74) is 1.31. The topological polar surface area (TPSA) is 35.5 Å². The van der Waals surface area contributed by atoms with E-state index in [9.17, 15) is 5.11 Å². The molecule has 2 atom stereocenters. The summed E-state index contributed by atoms with van der Waals surface area (Å²) >= 11 is 0. The van der Waals surface area contributed by atoms with Gasteiger partial charge in [0, 0.05) is 25.2 Å². The highest BCUT2D eigenvalue weighted by atomic mass is 16.3. The normalized spacial score (nSPS) is 22.2. The first-order chi connectivity index (χ1) is 8.69. The van der Waals surface area contributed by atoms with Crippen LogP contribution in [0.4, 0.5) is 0 Å². The monoisotopic (exact) mass is 248 g/mol. The molecule has 1 fully saturated rings. The summed E-state index contributed by atoms with van der Waals surface area (Å²) < 4.78 is 0. The van der Waals surface area contributed by atoms with Crippen molar-refractivity contribution >= 4 is 0 Å². The second-order valence-corrected chi connectivity index (χ2v) is 5.32. The van der Waals surface area contributed by atoms with E-state index in [-0.39, 0.29) is 0 Å². The zero-order chi connectivity index (χ0) is 13.0. The van der Waals surface area contributed by atoms with Gasteiger partial charge >= 0.3 is 0 Å². The van der Waals surface area contributed by atoms with E-state index in [1.165, 1.54) is 31.5 Å². The van der Waals surface area contributed by atoms with E-state index in [1.807, 2.05) is 12.1 Å². The highest BCUT2D eigenvalue weighted by Gasteiger charge is 2.24. The number of likely N-dealkylation sites (N-methyl/N-ethyl adjacent to an activating group) is 1. The number of aromatic hydroxyl groups is 1. The molecule has 18 heavy (non-hydrogen) atoms. The standard InChI is InChI=1S/C15H24N2O/c1-12(17-10-9-14(11-17)16-2)3-4-13-5-7-15(18)8-6-13/h5-8,12,14,16,18H,3-4,9-11H2,1-2H3. The van der Waals surface area contributed by atoms with Crippen molar-refractivity contribution in [1.29, 1.82) is 0 Å². The number of nitrogens with zero attached hydrogens (tertiary/aromatic N) is 1. The molecule has 1 aliphatic heterocycles. The van der Waals surface area contributed by atoms with Crippen LogP contribution in [0.2, 0.25) is 0 Å². The number of benzene rings is 1. The Morgan fingerprint density at radius 2 is 2.11 bits per heavy atom. The third kappa shape index (κ3) is 3.47. The zero-order valence-corrected chi connectivity index (χ0v) is 11.4. The van der Waals surface area contributed by atoms with Crippen LogP contribution in [-0.4, -0.2) is 42.2 Å². The predicted octanol–water partition coefficient (Wildman–Crippen LogP) is 2.01. The Morgan fingerprint density at radius 3 is 2.72 bits per heavy atom. The fraction of sp³-hybridized carbons (Fsp3) is 0.600. The molecule has 2 rings (SSSR count).